The fraction of sp³-hybridized carbons (Fsp3) is 0.500. The summed E-state index contributed by atoms with van der Waals surface area (Å²) in [7, 11) is 0. The lowest BCUT2D eigenvalue weighted by Crippen LogP contribution is -2.47. The van der Waals surface area contributed by atoms with Crippen LogP contribution < -0.4 is 10.6 Å². The number of nitro benzene ring substituents is 2. The highest BCUT2D eigenvalue weighted by Gasteiger charge is 2.33. The van der Waals surface area contributed by atoms with Crippen molar-refractivity contribution in [2.24, 2.45) is 5.92 Å². The smallest absolute Gasteiger partial charge is 0.354 e. The number of hydrogen-bond donors (Lipinski definition) is 2. The van der Waals surface area contributed by atoms with Gasteiger partial charge in [0.05, 0.1) is 9.85 Å². The van der Waals surface area contributed by atoms with E-state index in [-0.39, 0.29) is 5.92 Å². The summed E-state index contributed by atoms with van der Waals surface area (Å²) in [6, 6.07) is 2.37. The van der Waals surface area contributed by atoms with Gasteiger partial charge >= 0.3 is 11.4 Å². The molecule has 0 radical (unpaired) electrons. The Bertz CT molecular complexity index is 704. The van der Waals surface area contributed by atoms with E-state index in [2.05, 4.69) is 10.6 Å². The Morgan fingerprint density at radius 2 is 1.81 bits per heavy atom. The molecule has 26 heavy (non-hydrogen) atoms. The molecule has 0 aliphatic rings. The van der Waals surface area contributed by atoms with Gasteiger partial charge in [-0.25, -0.2) is 0 Å². The van der Waals surface area contributed by atoms with Crippen LogP contribution in [0.4, 0.5) is 11.4 Å². The quantitative estimate of drug-likeness (QED) is 0.506. The predicted octanol–water partition coefficient (Wildman–Crippen LogP) is 2.17. The van der Waals surface area contributed by atoms with Gasteiger partial charge in [0.1, 0.15) is 11.6 Å². The minimum atomic E-state index is -0.971. The van der Waals surface area contributed by atoms with Gasteiger partial charge in [-0.15, -0.1) is 0 Å². The highest BCUT2D eigenvalue weighted by Crippen LogP contribution is 2.30. The maximum Gasteiger partial charge on any atom is 0.358 e. The Labute approximate surface area is 150 Å². The van der Waals surface area contributed by atoms with Crippen LogP contribution in [0.1, 0.15) is 44.0 Å². The van der Waals surface area contributed by atoms with Crippen molar-refractivity contribution in [3.8, 4) is 0 Å². The SMILES string of the molecule is CCCNC(=O)[C@H](CC(C)C)NC(=O)c1cccc([N+](=O)[O-])c1[N+](=O)[O-]. The highest BCUT2D eigenvalue weighted by atomic mass is 16.6. The first-order valence-corrected chi connectivity index (χ1v) is 8.19. The molecule has 10 nitrogen and oxygen atoms in total. The number of rotatable bonds is 9. The summed E-state index contributed by atoms with van der Waals surface area (Å²) in [4.78, 5) is 45.1. The molecule has 2 N–H and O–H groups in total. The Balaban J connectivity index is 3.16. The molecule has 0 spiro atoms. The van der Waals surface area contributed by atoms with Gasteiger partial charge in [0, 0.05) is 12.6 Å². The molecule has 2 amide bonds. The molecule has 1 aromatic carbocycles. The second-order valence-corrected chi connectivity index (χ2v) is 6.13. The Morgan fingerprint density at radius 3 is 2.31 bits per heavy atom. The molecule has 0 saturated carbocycles. The highest BCUT2D eigenvalue weighted by molar-refractivity contribution is 6.01. The van der Waals surface area contributed by atoms with Crippen molar-refractivity contribution in [2.45, 2.75) is 39.7 Å². The predicted molar refractivity (Wildman–Crippen MR) is 93.8 cm³/mol. The van der Waals surface area contributed by atoms with Gasteiger partial charge in [0.25, 0.3) is 5.91 Å². The van der Waals surface area contributed by atoms with Crippen molar-refractivity contribution >= 4 is 23.2 Å². The molecule has 0 fully saturated rings. The van der Waals surface area contributed by atoms with E-state index in [9.17, 15) is 29.8 Å². The van der Waals surface area contributed by atoms with Crippen molar-refractivity contribution < 1.29 is 19.4 Å². The molecule has 0 aromatic heterocycles. The zero-order valence-corrected chi connectivity index (χ0v) is 14.9. The normalized spacial score (nSPS) is 11.7. The van der Waals surface area contributed by atoms with E-state index in [1.165, 1.54) is 6.07 Å². The van der Waals surface area contributed by atoms with Crippen LogP contribution in [-0.2, 0) is 4.79 Å². The van der Waals surface area contributed by atoms with Crippen molar-refractivity contribution in [1.82, 2.24) is 10.6 Å². The average molecular weight is 366 g/mol. The van der Waals surface area contributed by atoms with Crippen molar-refractivity contribution in [1.29, 1.82) is 0 Å². The van der Waals surface area contributed by atoms with E-state index < -0.39 is 44.6 Å². The molecule has 142 valence electrons. The Hall–Kier alpha value is -3.04. The molecule has 0 aliphatic carbocycles. The minimum absolute atomic E-state index is 0.0766. The summed E-state index contributed by atoms with van der Waals surface area (Å²) in [5.74, 6) is -1.23. The number of nitrogens with one attached hydrogen (secondary N) is 2. The maximum absolute atomic E-state index is 12.5. The zero-order chi connectivity index (χ0) is 19.9. The van der Waals surface area contributed by atoms with Gasteiger partial charge in [0.15, 0.2) is 0 Å². The molecule has 0 aliphatic heterocycles. The maximum atomic E-state index is 12.5. The largest absolute Gasteiger partial charge is 0.358 e. The van der Waals surface area contributed by atoms with Gasteiger partial charge < -0.3 is 10.6 Å². The fourth-order valence-electron chi connectivity index (χ4n) is 2.36. The molecule has 0 heterocycles. The number of carbonyl (C=O) groups is 2. The molecule has 1 rings (SSSR count). The van der Waals surface area contributed by atoms with E-state index in [1.807, 2.05) is 20.8 Å². The summed E-state index contributed by atoms with van der Waals surface area (Å²) in [6.07, 6.45) is 1.04. The summed E-state index contributed by atoms with van der Waals surface area (Å²) in [5, 5.41) is 27.4. The lowest BCUT2D eigenvalue weighted by atomic mass is 10.0. The Morgan fingerprint density at radius 1 is 1.15 bits per heavy atom. The lowest BCUT2D eigenvalue weighted by Gasteiger charge is -2.20. The number of hydrogen-bond acceptors (Lipinski definition) is 6. The van der Waals surface area contributed by atoms with Crippen LogP contribution in [0.2, 0.25) is 0 Å². The fourth-order valence-corrected chi connectivity index (χ4v) is 2.36. The van der Waals surface area contributed by atoms with E-state index in [4.69, 9.17) is 0 Å². The molecular weight excluding hydrogens is 344 g/mol. The van der Waals surface area contributed by atoms with Crippen molar-refractivity contribution in [3.05, 3.63) is 44.0 Å². The van der Waals surface area contributed by atoms with E-state index in [1.54, 1.807) is 0 Å². The third-order valence-electron chi connectivity index (χ3n) is 3.52. The second-order valence-electron chi connectivity index (χ2n) is 6.13. The molecule has 0 saturated heterocycles. The third-order valence-corrected chi connectivity index (χ3v) is 3.52. The van der Waals surface area contributed by atoms with E-state index >= 15 is 0 Å². The number of nitro groups is 2. The lowest BCUT2D eigenvalue weighted by molar-refractivity contribution is -0.422. The van der Waals surface area contributed by atoms with Gasteiger partial charge in [0.2, 0.25) is 5.91 Å². The monoisotopic (exact) mass is 366 g/mol. The number of benzene rings is 1. The molecular formula is C16H22N4O6. The third kappa shape index (κ3) is 5.50. The first kappa shape index (κ1) is 21.0. The van der Waals surface area contributed by atoms with Crippen LogP contribution in [0.3, 0.4) is 0 Å². The summed E-state index contributed by atoms with van der Waals surface area (Å²) >= 11 is 0. The zero-order valence-electron chi connectivity index (χ0n) is 14.9. The minimum Gasteiger partial charge on any atom is -0.354 e. The number of amides is 2. The topological polar surface area (TPSA) is 144 Å². The molecule has 10 heteroatoms. The van der Waals surface area contributed by atoms with E-state index in [0.29, 0.717) is 19.4 Å². The number of para-hydroxylation sites is 1. The second kappa shape index (κ2) is 9.44. The van der Waals surface area contributed by atoms with Gasteiger partial charge in [-0.2, -0.15) is 0 Å². The van der Waals surface area contributed by atoms with Gasteiger partial charge in [-0.05, 0) is 24.8 Å². The van der Waals surface area contributed by atoms with Gasteiger partial charge in [-0.3, -0.25) is 29.8 Å². The van der Waals surface area contributed by atoms with Crippen LogP contribution in [0.15, 0.2) is 18.2 Å². The van der Waals surface area contributed by atoms with Gasteiger partial charge in [-0.1, -0.05) is 26.8 Å². The molecule has 0 unspecified atom stereocenters. The first-order chi connectivity index (χ1) is 12.2. The number of carbonyl (C=O) groups excluding carboxylic acids is 2. The van der Waals surface area contributed by atoms with Crippen LogP contribution in [0, 0.1) is 26.1 Å². The molecule has 1 atom stereocenters. The molecule has 1 aromatic rings. The van der Waals surface area contributed by atoms with Crippen molar-refractivity contribution in [2.75, 3.05) is 6.54 Å². The average Bonchev–Trinajstić information content (AvgIpc) is 2.57. The first-order valence-electron chi connectivity index (χ1n) is 8.19. The van der Waals surface area contributed by atoms with Crippen LogP contribution in [0.5, 0.6) is 0 Å². The summed E-state index contributed by atoms with van der Waals surface area (Å²) in [5.41, 5.74) is -2.13. The molecule has 0 bridgehead atoms. The van der Waals surface area contributed by atoms with Crippen LogP contribution >= 0.6 is 0 Å². The Kier molecular flexibility index (Phi) is 7.63. The standard InChI is InChI=1S/C16H22N4O6/c1-4-8-17-16(22)12(9-10(2)3)18-15(21)11-6-5-7-13(19(23)24)14(11)20(25)26/h5-7,10,12H,4,8-9H2,1-3H3,(H,17,22)(H,18,21)/t12-/m0/s1. The van der Waals surface area contributed by atoms with Crippen LogP contribution in [-0.4, -0.2) is 34.2 Å². The summed E-state index contributed by atoms with van der Waals surface area (Å²) in [6.45, 7) is 6.03. The number of nitrogens with zero attached hydrogens (tertiary/aromatic N) is 2. The van der Waals surface area contributed by atoms with Crippen LogP contribution in [0.25, 0.3) is 0 Å². The summed E-state index contributed by atoms with van der Waals surface area (Å²) < 4.78 is 0. The van der Waals surface area contributed by atoms with E-state index in [0.717, 1.165) is 12.1 Å². The van der Waals surface area contributed by atoms with Crippen molar-refractivity contribution in [3.63, 3.8) is 0 Å².